The summed E-state index contributed by atoms with van der Waals surface area (Å²) in [6.45, 7) is 7.22. The molecule has 98 valence electrons. The first-order chi connectivity index (χ1) is 9.74. The van der Waals surface area contributed by atoms with Crippen molar-refractivity contribution in [2.45, 2.75) is 11.5 Å². The first-order valence-electron chi connectivity index (χ1n) is 5.78. The predicted molar refractivity (Wildman–Crippen MR) is 78.8 cm³/mol. The molecule has 0 amide bonds. The SMILES string of the molecule is [C-]#[N+]Sc1cc(C#N)c(N)c(OCc2ccccc2)c1. The lowest BCUT2D eigenvalue weighted by Gasteiger charge is -2.10. The molecule has 0 bridgehead atoms. The molecule has 0 aromatic heterocycles. The summed E-state index contributed by atoms with van der Waals surface area (Å²) in [5.41, 5.74) is 7.52. The van der Waals surface area contributed by atoms with Crippen LogP contribution in [-0.2, 0) is 6.61 Å². The highest BCUT2D eigenvalue weighted by Crippen LogP contribution is 2.32. The van der Waals surface area contributed by atoms with E-state index in [0.717, 1.165) is 17.5 Å². The lowest BCUT2D eigenvalue weighted by molar-refractivity contribution is 0.307. The topological polar surface area (TPSA) is 63.4 Å². The van der Waals surface area contributed by atoms with Crippen molar-refractivity contribution < 1.29 is 4.74 Å². The number of benzene rings is 2. The zero-order chi connectivity index (χ0) is 14.4. The minimum Gasteiger partial charge on any atom is -0.487 e. The van der Waals surface area contributed by atoms with E-state index in [9.17, 15) is 0 Å². The molecule has 0 radical (unpaired) electrons. The van der Waals surface area contributed by atoms with Crippen LogP contribution in [0.2, 0.25) is 0 Å². The van der Waals surface area contributed by atoms with Crippen molar-refractivity contribution in [3.05, 3.63) is 64.4 Å². The molecule has 2 aromatic carbocycles. The van der Waals surface area contributed by atoms with Crippen molar-refractivity contribution in [3.8, 4) is 11.8 Å². The molecule has 20 heavy (non-hydrogen) atoms. The van der Waals surface area contributed by atoms with Gasteiger partial charge in [0.1, 0.15) is 18.4 Å². The first-order valence-corrected chi connectivity index (χ1v) is 6.56. The van der Waals surface area contributed by atoms with Gasteiger partial charge >= 0.3 is 0 Å². The summed E-state index contributed by atoms with van der Waals surface area (Å²) in [6.07, 6.45) is 0. The molecule has 2 aromatic rings. The molecule has 4 nitrogen and oxygen atoms in total. The highest BCUT2D eigenvalue weighted by atomic mass is 32.2. The number of ether oxygens (including phenoxy) is 1. The molecule has 0 unspecified atom stereocenters. The van der Waals surface area contributed by atoms with Crippen LogP contribution in [-0.4, -0.2) is 0 Å². The van der Waals surface area contributed by atoms with E-state index in [0.29, 0.717) is 28.5 Å². The molecule has 0 saturated carbocycles. The molecule has 2 N–H and O–H groups in total. The van der Waals surface area contributed by atoms with E-state index in [1.54, 1.807) is 12.1 Å². The van der Waals surface area contributed by atoms with Crippen molar-refractivity contribution in [1.82, 2.24) is 0 Å². The maximum absolute atomic E-state index is 9.05. The third kappa shape index (κ3) is 3.23. The molecule has 0 spiro atoms. The summed E-state index contributed by atoms with van der Waals surface area (Å²) >= 11 is 0.954. The van der Waals surface area contributed by atoms with E-state index in [1.807, 2.05) is 36.4 Å². The van der Waals surface area contributed by atoms with Crippen LogP contribution in [0, 0.1) is 17.9 Å². The third-order valence-electron chi connectivity index (χ3n) is 2.62. The van der Waals surface area contributed by atoms with E-state index in [2.05, 4.69) is 4.25 Å². The van der Waals surface area contributed by atoms with Gasteiger partial charge in [-0.3, -0.25) is 0 Å². The number of rotatable bonds is 4. The fourth-order valence-electron chi connectivity index (χ4n) is 1.65. The maximum atomic E-state index is 9.05. The summed E-state index contributed by atoms with van der Waals surface area (Å²) in [6, 6.07) is 15.0. The second-order valence-corrected chi connectivity index (χ2v) is 4.79. The lowest BCUT2D eigenvalue weighted by atomic mass is 10.2. The van der Waals surface area contributed by atoms with Gasteiger partial charge in [-0.25, -0.2) is 10.8 Å². The molecular formula is C15H11N3OS. The first kappa shape index (κ1) is 13.8. The van der Waals surface area contributed by atoms with E-state index in [4.69, 9.17) is 22.3 Å². The van der Waals surface area contributed by atoms with Crippen LogP contribution in [0.25, 0.3) is 4.25 Å². The predicted octanol–water partition coefficient (Wildman–Crippen LogP) is 3.65. The standard InChI is InChI=1S/C15H11N3OS/c1-18-20-13-7-12(9-16)15(17)14(8-13)19-10-11-5-3-2-4-6-11/h2-8H,10,17H2. The molecule has 0 aliphatic carbocycles. The van der Waals surface area contributed by atoms with Crippen molar-refractivity contribution in [1.29, 1.82) is 5.26 Å². The van der Waals surface area contributed by atoms with Crippen LogP contribution in [0.3, 0.4) is 0 Å². The Labute approximate surface area is 121 Å². The number of nitrogens with two attached hydrogens (primary N) is 1. The number of nitriles is 1. The molecule has 0 atom stereocenters. The van der Waals surface area contributed by atoms with Crippen molar-refractivity contribution in [2.75, 3.05) is 5.73 Å². The van der Waals surface area contributed by atoms with Crippen molar-refractivity contribution in [3.63, 3.8) is 0 Å². The van der Waals surface area contributed by atoms with E-state index in [-0.39, 0.29) is 0 Å². The largest absolute Gasteiger partial charge is 0.487 e. The Morgan fingerprint density at radius 3 is 2.70 bits per heavy atom. The minimum atomic E-state index is 0.303. The Kier molecular flexibility index (Phi) is 4.49. The molecule has 0 aliphatic rings. The van der Waals surface area contributed by atoms with Crippen molar-refractivity contribution >= 4 is 17.6 Å². The zero-order valence-corrected chi connectivity index (χ0v) is 11.4. The lowest BCUT2D eigenvalue weighted by Crippen LogP contribution is -2.00. The summed E-state index contributed by atoms with van der Waals surface area (Å²) in [5.74, 6) is 0.430. The summed E-state index contributed by atoms with van der Waals surface area (Å²) in [5, 5.41) is 9.05. The van der Waals surface area contributed by atoms with Gasteiger partial charge in [0.15, 0.2) is 0 Å². The van der Waals surface area contributed by atoms with Gasteiger partial charge in [-0.1, -0.05) is 30.3 Å². The smallest absolute Gasteiger partial charge is 0.294 e. The Morgan fingerprint density at radius 2 is 2.05 bits per heavy atom. The van der Waals surface area contributed by atoms with Gasteiger partial charge in [-0.15, -0.1) is 0 Å². The minimum absolute atomic E-state index is 0.303. The van der Waals surface area contributed by atoms with Gasteiger partial charge in [0.2, 0.25) is 0 Å². The van der Waals surface area contributed by atoms with Crippen LogP contribution < -0.4 is 10.5 Å². The van der Waals surface area contributed by atoms with Gasteiger partial charge in [-0.2, -0.15) is 5.26 Å². The number of nitrogen functional groups attached to an aromatic ring is 1. The number of hydrogen-bond acceptors (Lipinski definition) is 4. The van der Waals surface area contributed by atoms with Gasteiger partial charge < -0.3 is 10.5 Å². The Hall–Kier alpha value is -2.63. The van der Waals surface area contributed by atoms with Gasteiger partial charge in [0, 0.05) is 6.07 Å². The van der Waals surface area contributed by atoms with Crippen LogP contribution in [0.4, 0.5) is 5.69 Å². The van der Waals surface area contributed by atoms with Crippen LogP contribution in [0.5, 0.6) is 5.75 Å². The number of nitrogens with zero attached hydrogens (tertiary/aromatic N) is 2. The maximum Gasteiger partial charge on any atom is 0.294 e. The zero-order valence-electron chi connectivity index (χ0n) is 10.5. The number of anilines is 1. The Bertz CT molecular complexity index is 687. The highest BCUT2D eigenvalue weighted by molar-refractivity contribution is 8.01. The van der Waals surface area contributed by atoms with E-state index in [1.165, 1.54) is 0 Å². The fourth-order valence-corrected chi connectivity index (χ4v) is 2.09. The van der Waals surface area contributed by atoms with E-state index >= 15 is 0 Å². The third-order valence-corrected chi connectivity index (χ3v) is 3.16. The average molecular weight is 281 g/mol. The highest BCUT2D eigenvalue weighted by Gasteiger charge is 2.12. The van der Waals surface area contributed by atoms with Gasteiger partial charge in [0.05, 0.1) is 16.1 Å². The summed E-state index contributed by atoms with van der Waals surface area (Å²) in [7, 11) is 0. The normalized spacial score (nSPS) is 9.50. The summed E-state index contributed by atoms with van der Waals surface area (Å²) < 4.78 is 8.89. The Balaban J connectivity index is 2.25. The van der Waals surface area contributed by atoms with Crippen molar-refractivity contribution in [2.24, 2.45) is 0 Å². The molecule has 0 heterocycles. The number of hydrogen-bond donors (Lipinski definition) is 1. The molecule has 0 fully saturated rings. The summed E-state index contributed by atoms with van der Waals surface area (Å²) in [4.78, 5) is 0.647. The average Bonchev–Trinajstić information content (AvgIpc) is 2.48. The van der Waals surface area contributed by atoms with Crippen LogP contribution in [0.15, 0.2) is 47.4 Å². The molecule has 0 aliphatic heterocycles. The second kappa shape index (κ2) is 6.51. The quantitative estimate of drug-likeness (QED) is 0.528. The molecule has 0 saturated heterocycles. The monoisotopic (exact) mass is 281 g/mol. The molecule has 5 heteroatoms. The Morgan fingerprint density at radius 1 is 1.30 bits per heavy atom. The van der Waals surface area contributed by atoms with Gasteiger partial charge in [-0.05, 0) is 11.6 Å². The molecule has 2 rings (SSSR count). The van der Waals surface area contributed by atoms with Gasteiger partial charge in [0.25, 0.3) is 11.9 Å². The molecular weight excluding hydrogens is 270 g/mol. The fraction of sp³-hybridized carbons (Fsp3) is 0.0667. The van der Waals surface area contributed by atoms with Crippen LogP contribution in [0.1, 0.15) is 11.1 Å². The second-order valence-electron chi connectivity index (χ2n) is 3.95. The van der Waals surface area contributed by atoms with Crippen LogP contribution >= 0.6 is 11.9 Å². The van der Waals surface area contributed by atoms with E-state index < -0.39 is 0 Å².